The van der Waals surface area contributed by atoms with Gasteiger partial charge in [-0.1, -0.05) is 30.3 Å². The Morgan fingerprint density at radius 2 is 1.90 bits per heavy atom. The average molecular weight is 418 g/mol. The maximum Gasteiger partial charge on any atom is 0.407 e. The number of benzene rings is 2. The second-order valence-corrected chi connectivity index (χ2v) is 7.98. The summed E-state index contributed by atoms with van der Waals surface area (Å²) in [5, 5.41) is 17.1. The summed E-state index contributed by atoms with van der Waals surface area (Å²) >= 11 is 0. The molecule has 0 saturated carbocycles. The molecule has 1 aliphatic rings. The lowest BCUT2D eigenvalue weighted by Crippen LogP contribution is -2.36. The molecule has 0 spiro atoms. The van der Waals surface area contributed by atoms with Crippen LogP contribution in [-0.2, 0) is 6.54 Å². The summed E-state index contributed by atoms with van der Waals surface area (Å²) in [5.41, 5.74) is 3.52. The molecule has 2 N–H and O–H groups in total. The number of nitrogens with one attached hydrogen (secondary N) is 1. The summed E-state index contributed by atoms with van der Waals surface area (Å²) in [6.07, 6.45) is 1.48. The topological polar surface area (TPSA) is 104 Å². The predicted molar refractivity (Wildman–Crippen MR) is 116 cm³/mol. The van der Waals surface area contributed by atoms with Crippen LogP contribution < -0.4 is 5.69 Å². The van der Waals surface area contributed by atoms with Crippen molar-refractivity contribution in [1.29, 1.82) is 0 Å². The Bertz CT molecular complexity index is 1300. The molecule has 1 saturated heterocycles. The minimum atomic E-state index is -0.918. The number of amides is 1. The van der Waals surface area contributed by atoms with Gasteiger partial charge in [-0.05, 0) is 48.6 Å². The Morgan fingerprint density at radius 1 is 1.16 bits per heavy atom. The molecule has 1 amide bonds. The molecule has 2 aromatic carbocycles. The lowest BCUT2D eigenvalue weighted by molar-refractivity contribution is 0.137. The fourth-order valence-corrected chi connectivity index (χ4v) is 4.42. The summed E-state index contributed by atoms with van der Waals surface area (Å²) < 4.78 is 7.01. The van der Waals surface area contributed by atoms with Gasteiger partial charge >= 0.3 is 11.8 Å². The van der Waals surface area contributed by atoms with E-state index in [1.807, 2.05) is 49.4 Å². The Labute approximate surface area is 177 Å². The number of rotatable bonds is 4. The molecule has 0 radical (unpaired) electrons. The van der Waals surface area contributed by atoms with Crippen LogP contribution in [0.25, 0.3) is 33.5 Å². The highest BCUT2D eigenvalue weighted by atomic mass is 16.4. The molecule has 8 heteroatoms. The first-order valence-electron chi connectivity index (χ1n) is 10.2. The van der Waals surface area contributed by atoms with Crippen LogP contribution in [0.3, 0.4) is 0 Å². The van der Waals surface area contributed by atoms with Crippen LogP contribution in [0, 0.1) is 5.92 Å². The van der Waals surface area contributed by atoms with E-state index in [2.05, 4.69) is 16.3 Å². The molecular weight excluding hydrogens is 396 g/mol. The Hall–Kier alpha value is -3.81. The second kappa shape index (κ2) is 7.46. The molecule has 1 unspecified atom stereocenters. The first-order chi connectivity index (χ1) is 15.0. The summed E-state index contributed by atoms with van der Waals surface area (Å²) in [6.45, 7) is 2.80. The van der Waals surface area contributed by atoms with Crippen molar-refractivity contribution in [3.63, 3.8) is 0 Å². The van der Waals surface area contributed by atoms with Crippen molar-refractivity contribution in [2.75, 3.05) is 6.54 Å². The van der Waals surface area contributed by atoms with E-state index in [9.17, 15) is 14.7 Å². The summed E-state index contributed by atoms with van der Waals surface area (Å²) in [4.78, 5) is 25.2. The predicted octanol–water partition coefficient (Wildman–Crippen LogP) is 4.04. The normalized spacial score (nSPS) is 18.7. The van der Waals surface area contributed by atoms with E-state index >= 15 is 0 Å². The van der Waals surface area contributed by atoms with Crippen LogP contribution >= 0.6 is 0 Å². The molecule has 1 aliphatic heterocycles. The van der Waals surface area contributed by atoms with E-state index in [-0.39, 0.29) is 17.6 Å². The number of hydrogen-bond donors (Lipinski definition) is 2. The van der Waals surface area contributed by atoms with Crippen LogP contribution in [0.1, 0.15) is 13.3 Å². The highest BCUT2D eigenvalue weighted by Crippen LogP contribution is 2.29. The van der Waals surface area contributed by atoms with Crippen molar-refractivity contribution >= 4 is 17.1 Å². The molecule has 4 aromatic rings. The summed E-state index contributed by atoms with van der Waals surface area (Å²) in [5.74, 6) is 0.619. The number of aromatic nitrogens is 3. The van der Waals surface area contributed by atoms with Crippen molar-refractivity contribution in [3.05, 3.63) is 65.3 Å². The quantitative estimate of drug-likeness (QED) is 0.520. The Kier molecular flexibility index (Phi) is 4.62. The van der Waals surface area contributed by atoms with Gasteiger partial charge in [0.15, 0.2) is 5.82 Å². The molecule has 0 aliphatic carbocycles. The first-order valence-corrected chi connectivity index (χ1v) is 10.2. The van der Waals surface area contributed by atoms with Gasteiger partial charge in [-0.2, -0.15) is 5.10 Å². The maximum absolute atomic E-state index is 12.4. The Balaban J connectivity index is 1.41. The van der Waals surface area contributed by atoms with E-state index in [4.69, 9.17) is 4.42 Å². The monoisotopic (exact) mass is 418 g/mol. The number of furan rings is 1. The van der Waals surface area contributed by atoms with Crippen LogP contribution in [0.2, 0.25) is 0 Å². The highest BCUT2D eigenvalue weighted by Gasteiger charge is 2.34. The third-order valence-electron chi connectivity index (χ3n) is 6.26. The van der Waals surface area contributed by atoms with E-state index in [0.717, 1.165) is 34.1 Å². The van der Waals surface area contributed by atoms with Crippen LogP contribution in [0.5, 0.6) is 0 Å². The zero-order valence-corrected chi connectivity index (χ0v) is 17.0. The van der Waals surface area contributed by atoms with Gasteiger partial charge in [0.2, 0.25) is 0 Å². The van der Waals surface area contributed by atoms with E-state index in [0.29, 0.717) is 18.9 Å². The lowest BCUT2D eigenvalue weighted by atomic mass is 10.0. The summed E-state index contributed by atoms with van der Waals surface area (Å²) in [6, 6.07) is 15.7. The van der Waals surface area contributed by atoms with E-state index in [1.54, 1.807) is 10.8 Å². The molecule has 3 heterocycles. The lowest BCUT2D eigenvalue weighted by Gasteiger charge is -2.22. The number of hydrogen-bond acceptors (Lipinski definition) is 4. The second-order valence-electron chi connectivity index (χ2n) is 7.98. The zero-order valence-electron chi connectivity index (χ0n) is 17.0. The third kappa shape index (κ3) is 3.39. The van der Waals surface area contributed by atoms with Gasteiger partial charge in [-0.3, -0.25) is 4.57 Å². The minimum Gasteiger partial charge on any atom is -0.465 e. The third-order valence-corrected chi connectivity index (χ3v) is 6.26. The number of likely N-dealkylation sites (tertiary alicyclic amines) is 1. The molecule has 2 atom stereocenters. The molecule has 0 bridgehead atoms. The Morgan fingerprint density at radius 3 is 2.65 bits per heavy atom. The number of nitrogens with zero attached hydrogens (tertiary/aromatic N) is 3. The van der Waals surface area contributed by atoms with Crippen LogP contribution in [0.15, 0.2) is 64.0 Å². The van der Waals surface area contributed by atoms with E-state index < -0.39 is 6.09 Å². The van der Waals surface area contributed by atoms with Crippen LogP contribution in [0.4, 0.5) is 4.79 Å². The number of aromatic amines is 1. The smallest absolute Gasteiger partial charge is 0.407 e. The van der Waals surface area contributed by atoms with Crippen molar-refractivity contribution in [2.45, 2.75) is 25.9 Å². The number of H-pyrrole nitrogens is 1. The standard InChI is InChI=1S/C23H22N4O4/c1-14-19(8-10-26(14)23(29)30)13-27-21(24-25-22(27)28)16-4-2-15(3-5-16)17-6-7-20-18(12-17)9-11-31-20/h2-7,9,11-12,14,19H,8,10,13H2,1H3,(H,25,28)(H,29,30)/t14?,19-/m0/s1. The number of carboxylic acid groups (broad SMARTS) is 1. The molecule has 158 valence electrons. The molecule has 8 nitrogen and oxygen atoms in total. The van der Waals surface area contributed by atoms with Gasteiger partial charge in [0.25, 0.3) is 0 Å². The van der Waals surface area contributed by atoms with Crippen molar-refractivity contribution in [1.82, 2.24) is 19.7 Å². The SMILES string of the molecule is CC1[C@H](Cn2c(-c3ccc(-c4ccc5occc5c4)cc3)n[nH]c2=O)CCN1C(=O)O. The van der Waals surface area contributed by atoms with E-state index in [1.165, 1.54) is 4.90 Å². The number of carbonyl (C=O) groups is 1. The van der Waals surface area contributed by atoms with Gasteiger partial charge in [-0.15, -0.1) is 0 Å². The van der Waals surface area contributed by atoms with Crippen molar-refractivity contribution in [3.8, 4) is 22.5 Å². The molecule has 31 heavy (non-hydrogen) atoms. The van der Waals surface area contributed by atoms with Crippen molar-refractivity contribution < 1.29 is 14.3 Å². The van der Waals surface area contributed by atoms with Gasteiger partial charge in [-0.25, -0.2) is 14.7 Å². The van der Waals surface area contributed by atoms with Gasteiger partial charge in [0.1, 0.15) is 5.58 Å². The number of fused-ring (bicyclic) bond motifs is 1. The molecular formula is C23H22N4O4. The van der Waals surface area contributed by atoms with Gasteiger partial charge in [0, 0.05) is 30.1 Å². The largest absolute Gasteiger partial charge is 0.465 e. The fourth-order valence-electron chi connectivity index (χ4n) is 4.42. The zero-order chi connectivity index (χ0) is 21.5. The first kappa shape index (κ1) is 19.2. The van der Waals surface area contributed by atoms with Gasteiger partial charge < -0.3 is 14.4 Å². The van der Waals surface area contributed by atoms with Crippen LogP contribution in [-0.4, -0.2) is 43.5 Å². The van der Waals surface area contributed by atoms with Crippen molar-refractivity contribution in [2.24, 2.45) is 5.92 Å². The molecule has 5 rings (SSSR count). The molecule has 2 aromatic heterocycles. The fraction of sp³-hybridized carbons (Fsp3) is 0.261. The maximum atomic E-state index is 12.4. The average Bonchev–Trinajstić information content (AvgIpc) is 3.48. The highest BCUT2D eigenvalue weighted by molar-refractivity contribution is 5.83. The van der Waals surface area contributed by atoms with Gasteiger partial charge in [0.05, 0.1) is 6.26 Å². The summed E-state index contributed by atoms with van der Waals surface area (Å²) in [7, 11) is 0. The molecule has 1 fully saturated rings. The minimum absolute atomic E-state index is 0.0612.